The van der Waals surface area contributed by atoms with E-state index in [1.807, 2.05) is 43.5 Å². The molecule has 43 heavy (non-hydrogen) atoms. The number of amides is 2. The molecule has 1 unspecified atom stereocenters. The molecule has 3 aromatic rings. The van der Waals surface area contributed by atoms with E-state index in [-0.39, 0.29) is 36.7 Å². The Bertz CT molecular complexity index is 1660. The summed E-state index contributed by atoms with van der Waals surface area (Å²) in [5, 5.41) is 10.9. The first-order valence-electron chi connectivity index (χ1n) is 14.8. The highest BCUT2D eigenvalue weighted by atomic mass is 19.3. The first-order chi connectivity index (χ1) is 20.7. The molecule has 6 heterocycles. The number of hydrogen-bond donors (Lipinski definition) is 2. The molecule has 2 N–H and O–H groups in total. The lowest BCUT2D eigenvalue weighted by molar-refractivity contribution is -0.164. The van der Waals surface area contributed by atoms with Crippen LogP contribution in [0, 0.1) is 24.2 Å². The van der Waals surface area contributed by atoms with Crippen molar-refractivity contribution in [2.45, 2.75) is 31.9 Å². The number of fused-ring (bicyclic) bond motifs is 1. The van der Waals surface area contributed by atoms with Gasteiger partial charge in [-0.15, -0.1) is 0 Å². The average Bonchev–Trinajstić information content (AvgIpc) is 3.53. The molecule has 12 heteroatoms. The molecule has 3 saturated heterocycles. The number of carbonyl (C=O) groups is 2. The molecule has 1 spiro atoms. The minimum absolute atomic E-state index is 0.135. The Morgan fingerprint density at radius 2 is 1.91 bits per heavy atom. The van der Waals surface area contributed by atoms with Gasteiger partial charge in [0.25, 0.3) is 5.91 Å². The number of ether oxygens (including phenoxy) is 1. The largest absolute Gasteiger partial charge is 0.380 e. The number of benzene rings is 1. The fourth-order valence-corrected chi connectivity index (χ4v) is 6.86. The number of anilines is 2. The van der Waals surface area contributed by atoms with Gasteiger partial charge in [-0.25, -0.2) is 13.3 Å². The van der Waals surface area contributed by atoms with Gasteiger partial charge in [-0.2, -0.15) is 5.10 Å². The predicted molar refractivity (Wildman–Crippen MR) is 156 cm³/mol. The van der Waals surface area contributed by atoms with Crippen LogP contribution in [0.3, 0.4) is 0 Å². The molecule has 0 bridgehead atoms. The maximum absolute atomic E-state index is 13.5. The lowest BCUT2D eigenvalue weighted by atomic mass is 9.78. The molecule has 1 aromatic carbocycles. The van der Waals surface area contributed by atoms with Crippen molar-refractivity contribution in [3.8, 4) is 0 Å². The summed E-state index contributed by atoms with van der Waals surface area (Å²) in [6.45, 7) is 7.16. The van der Waals surface area contributed by atoms with E-state index in [2.05, 4.69) is 20.6 Å². The fraction of sp³-hybridized carbons (Fsp3) is 0.484. The SMILES string of the molecule is Cc1ccc(C2N=C(C3CN(C(=O)C4CC(F)(F)C4)C3)CN2)cc1NC(=O)c1cnn2ccc(N3CC4(COC4)C3)cc12. The van der Waals surface area contributed by atoms with E-state index in [1.165, 1.54) is 0 Å². The van der Waals surface area contributed by atoms with E-state index in [0.717, 1.165) is 54.3 Å². The van der Waals surface area contributed by atoms with Crippen LogP contribution in [0.15, 0.2) is 47.7 Å². The Kier molecular flexibility index (Phi) is 5.93. The van der Waals surface area contributed by atoms with Crippen LogP contribution in [0.2, 0.25) is 0 Å². The Morgan fingerprint density at radius 3 is 2.63 bits per heavy atom. The highest BCUT2D eigenvalue weighted by Crippen LogP contribution is 2.44. The van der Waals surface area contributed by atoms with Gasteiger partial charge in [0.1, 0.15) is 6.17 Å². The second kappa shape index (κ2) is 9.55. The number of pyridine rings is 1. The van der Waals surface area contributed by atoms with Crippen LogP contribution in [0.5, 0.6) is 0 Å². The highest BCUT2D eigenvalue weighted by molar-refractivity contribution is 6.09. The van der Waals surface area contributed by atoms with Crippen LogP contribution in [0.1, 0.15) is 40.5 Å². The van der Waals surface area contributed by atoms with Crippen LogP contribution < -0.4 is 15.5 Å². The average molecular weight is 590 g/mol. The van der Waals surface area contributed by atoms with E-state index in [9.17, 15) is 18.4 Å². The Labute approximate surface area is 247 Å². The van der Waals surface area contributed by atoms with Gasteiger partial charge in [0, 0.05) is 80.7 Å². The quantitative estimate of drug-likeness (QED) is 0.458. The minimum atomic E-state index is -2.69. The summed E-state index contributed by atoms with van der Waals surface area (Å²) in [6.07, 6.45) is 2.56. The zero-order valence-corrected chi connectivity index (χ0v) is 23.9. The number of nitrogens with zero attached hydrogens (tertiary/aromatic N) is 5. The first-order valence-corrected chi connectivity index (χ1v) is 14.8. The number of halogens is 2. The van der Waals surface area contributed by atoms with Crippen LogP contribution in [-0.2, 0) is 9.53 Å². The van der Waals surface area contributed by atoms with Crippen LogP contribution in [0.4, 0.5) is 20.2 Å². The smallest absolute Gasteiger partial charge is 0.259 e. The zero-order chi connectivity index (χ0) is 29.5. The van der Waals surface area contributed by atoms with Crippen molar-refractivity contribution in [1.29, 1.82) is 0 Å². The summed E-state index contributed by atoms with van der Waals surface area (Å²) in [6, 6.07) is 9.96. The molecule has 224 valence electrons. The van der Waals surface area contributed by atoms with Gasteiger partial charge in [-0.05, 0) is 36.2 Å². The maximum Gasteiger partial charge on any atom is 0.259 e. The Balaban J connectivity index is 0.929. The number of aromatic nitrogens is 2. The van der Waals surface area contributed by atoms with Crippen molar-refractivity contribution in [2.75, 3.05) is 56.2 Å². The van der Waals surface area contributed by atoms with Crippen LogP contribution in [-0.4, -0.2) is 83.9 Å². The monoisotopic (exact) mass is 589 g/mol. The molecule has 1 atom stereocenters. The number of aliphatic imine (C=N–C) groups is 1. The van der Waals surface area contributed by atoms with Crippen molar-refractivity contribution in [3.63, 3.8) is 0 Å². The van der Waals surface area contributed by atoms with E-state index < -0.39 is 11.8 Å². The standard InChI is InChI=1S/C31H33F2N7O3/c1-18-2-3-19(27-34-11-25(36-27)21-12-38(13-21)29(42)20-8-31(32,33)9-20)6-24(18)37-28(41)23-10-35-40-5-4-22(7-26(23)40)39-14-30(15-39)16-43-17-30/h2-7,10,20-21,27,34H,8-9,11-17H2,1H3,(H,37,41). The van der Waals surface area contributed by atoms with Crippen LogP contribution in [0.25, 0.3) is 5.52 Å². The third-order valence-electron chi connectivity index (χ3n) is 9.68. The molecule has 4 aliphatic heterocycles. The topological polar surface area (TPSA) is 104 Å². The maximum atomic E-state index is 13.5. The Morgan fingerprint density at radius 1 is 1.12 bits per heavy atom. The van der Waals surface area contributed by atoms with Crippen molar-refractivity contribution in [3.05, 3.63) is 59.4 Å². The highest BCUT2D eigenvalue weighted by Gasteiger charge is 2.51. The molecule has 2 amide bonds. The molecule has 1 aliphatic carbocycles. The molecular weight excluding hydrogens is 556 g/mol. The first kappa shape index (κ1) is 26.7. The molecule has 8 rings (SSSR count). The summed E-state index contributed by atoms with van der Waals surface area (Å²) in [4.78, 5) is 34.8. The second-order valence-electron chi connectivity index (χ2n) is 13.0. The lowest BCUT2D eigenvalue weighted by Crippen LogP contribution is -2.66. The van der Waals surface area contributed by atoms with Gasteiger partial charge >= 0.3 is 0 Å². The van der Waals surface area contributed by atoms with Crippen LogP contribution >= 0.6 is 0 Å². The van der Waals surface area contributed by atoms with Gasteiger partial charge in [0.05, 0.1) is 35.9 Å². The molecule has 2 aromatic heterocycles. The number of hydrogen-bond acceptors (Lipinski definition) is 7. The van der Waals surface area contributed by atoms with E-state index >= 15 is 0 Å². The zero-order valence-electron chi connectivity index (χ0n) is 23.9. The number of carbonyl (C=O) groups excluding carboxylic acids is 2. The number of aryl methyl sites for hydroxylation is 1. The Hall–Kier alpha value is -3.90. The predicted octanol–water partition coefficient (Wildman–Crippen LogP) is 3.28. The summed E-state index contributed by atoms with van der Waals surface area (Å²) in [5.74, 6) is -3.50. The summed E-state index contributed by atoms with van der Waals surface area (Å²) >= 11 is 0. The fourth-order valence-electron chi connectivity index (χ4n) is 6.86. The molecule has 5 aliphatic rings. The summed E-state index contributed by atoms with van der Waals surface area (Å²) in [5.41, 5.74) is 6.16. The normalized spacial score (nSPS) is 24.3. The van der Waals surface area contributed by atoms with Gasteiger partial charge in [0.15, 0.2) is 0 Å². The molecule has 0 radical (unpaired) electrons. The lowest BCUT2D eigenvalue weighted by Gasteiger charge is -2.56. The summed E-state index contributed by atoms with van der Waals surface area (Å²) in [7, 11) is 0. The van der Waals surface area contributed by atoms with Crippen molar-refractivity contribution in [1.82, 2.24) is 19.8 Å². The van der Waals surface area contributed by atoms with Gasteiger partial charge < -0.3 is 19.9 Å². The minimum Gasteiger partial charge on any atom is -0.380 e. The molecular formula is C31H33F2N7O3. The van der Waals surface area contributed by atoms with Crippen molar-refractivity contribution < 1.29 is 23.1 Å². The number of likely N-dealkylation sites (tertiary alicyclic amines) is 1. The van der Waals surface area contributed by atoms with Gasteiger partial charge in [0.2, 0.25) is 11.8 Å². The van der Waals surface area contributed by atoms with E-state index in [4.69, 9.17) is 9.73 Å². The third kappa shape index (κ3) is 4.58. The number of alkyl halides is 2. The van der Waals surface area contributed by atoms with Gasteiger partial charge in [-0.1, -0.05) is 12.1 Å². The number of nitrogens with one attached hydrogen (secondary N) is 2. The number of rotatable bonds is 6. The second-order valence-corrected chi connectivity index (χ2v) is 13.0. The van der Waals surface area contributed by atoms with Crippen molar-refractivity contribution in [2.24, 2.45) is 22.2 Å². The van der Waals surface area contributed by atoms with E-state index in [1.54, 1.807) is 15.6 Å². The molecule has 1 saturated carbocycles. The molecule has 4 fully saturated rings. The molecule has 10 nitrogen and oxygen atoms in total. The third-order valence-corrected chi connectivity index (χ3v) is 9.68. The van der Waals surface area contributed by atoms with E-state index in [0.29, 0.717) is 36.3 Å². The van der Waals surface area contributed by atoms with Gasteiger partial charge in [-0.3, -0.25) is 19.9 Å². The van der Waals surface area contributed by atoms with Crippen molar-refractivity contribution >= 4 is 34.4 Å². The summed E-state index contributed by atoms with van der Waals surface area (Å²) < 4.78 is 33.5.